The van der Waals surface area contributed by atoms with Crippen LogP contribution in [0.15, 0.2) is 30.8 Å². The lowest BCUT2D eigenvalue weighted by Crippen LogP contribution is -2.29. The van der Waals surface area contributed by atoms with Crippen LogP contribution in [-0.2, 0) is 22.6 Å². The molecule has 0 radical (unpaired) electrons. The molecule has 4 heterocycles. The van der Waals surface area contributed by atoms with Gasteiger partial charge in [-0.15, -0.1) is 0 Å². The van der Waals surface area contributed by atoms with E-state index >= 15 is 0 Å². The lowest BCUT2D eigenvalue weighted by molar-refractivity contribution is -0.135. The van der Waals surface area contributed by atoms with Gasteiger partial charge in [0.1, 0.15) is 35.9 Å². The fourth-order valence-corrected chi connectivity index (χ4v) is 5.82. The van der Waals surface area contributed by atoms with Crippen LogP contribution >= 0.6 is 0 Å². The zero-order valence-electron chi connectivity index (χ0n) is 19.2. The number of pyridine rings is 1. The molecule has 0 saturated carbocycles. The number of ether oxygens (including phenoxy) is 2. The maximum atomic E-state index is 14.7. The maximum absolute atomic E-state index is 14.7. The molecule has 9 nitrogen and oxygen atoms in total. The van der Waals surface area contributed by atoms with Gasteiger partial charge in [0.15, 0.2) is 5.82 Å². The van der Waals surface area contributed by atoms with Crippen LogP contribution in [0, 0.1) is 0 Å². The molecular weight excluding hydrogens is 499 g/mol. The molecule has 2 aromatic heterocycles. The van der Waals surface area contributed by atoms with Gasteiger partial charge in [0.05, 0.1) is 16.8 Å². The quantitative estimate of drug-likeness (QED) is 0.540. The molecule has 190 valence electrons. The summed E-state index contributed by atoms with van der Waals surface area (Å²) in [6, 6.07) is 6.74. The lowest BCUT2D eigenvalue weighted by atomic mass is 10.1. The van der Waals surface area contributed by atoms with Crippen LogP contribution in [0.1, 0.15) is 30.2 Å². The van der Waals surface area contributed by atoms with Crippen LogP contribution in [0.25, 0.3) is 16.6 Å². The Bertz CT molecular complexity index is 1480. The summed E-state index contributed by atoms with van der Waals surface area (Å²) in [6.45, 7) is 5.76. The highest BCUT2D eigenvalue weighted by atomic mass is 32.2. The first-order valence-electron chi connectivity index (χ1n) is 11.2. The van der Waals surface area contributed by atoms with Gasteiger partial charge in [-0.3, -0.25) is 4.31 Å². The molecular formula is C23H22F3N5O4S. The average Bonchev–Trinajstić information content (AvgIpc) is 3.17. The number of benzene rings is 1. The van der Waals surface area contributed by atoms with E-state index in [1.54, 1.807) is 31.2 Å². The third-order valence-electron chi connectivity index (χ3n) is 5.88. The smallest absolute Gasteiger partial charge is 0.420 e. The lowest BCUT2D eigenvalue weighted by Gasteiger charge is -2.24. The number of alkyl halides is 3. The van der Waals surface area contributed by atoms with E-state index in [-0.39, 0.29) is 67.1 Å². The Hall–Kier alpha value is -3.61. The topological polar surface area (TPSA) is 107 Å². The summed E-state index contributed by atoms with van der Waals surface area (Å²) in [6.07, 6.45) is -4.58. The molecule has 0 amide bonds. The van der Waals surface area contributed by atoms with E-state index in [9.17, 15) is 21.6 Å². The van der Waals surface area contributed by atoms with Crippen LogP contribution in [0.5, 0.6) is 11.8 Å². The SMILES string of the molecule is C=C1Nc2nc(nc3c(CC)nc(N4CCCS4(=O)=O)c(C(F)(F)F)c23)OCCOc2ccccc21. The highest BCUT2D eigenvalue weighted by molar-refractivity contribution is 7.93. The van der Waals surface area contributed by atoms with E-state index in [1.165, 1.54) is 0 Å². The monoisotopic (exact) mass is 521 g/mol. The third-order valence-corrected chi connectivity index (χ3v) is 7.72. The van der Waals surface area contributed by atoms with Crippen molar-refractivity contribution in [1.82, 2.24) is 15.0 Å². The van der Waals surface area contributed by atoms with Crippen LogP contribution < -0.4 is 19.1 Å². The number of halogens is 3. The maximum Gasteiger partial charge on any atom is 0.420 e. The van der Waals surface area contributed by atoms with Gasteiger partial charge in [0, 0.05) is 17.8 Å². The largest absolute Gasteiger partial charge is 0.489 e. The molecule has 2 bridgehead atoms. The summed E-state index contributed by atoms with van der Waals surface area (Å²) in [5.74, 6) is -0.697. The molecule has 0 aliphatic carbocycles. The van der Waals surface area contributed by atoms with Crippen molar-refractivity contribution in [3.63, 3.8) is 0 Å². The minimum absolute atomic E-state index is 0.0386. The summed E-state index contributed by atoms with van der Waals surface area (Å²) in [5, 5.41) is 2.47. The van der Waals surface area contributed by atoms with E-state index in [0.29, 0.717) is 11.3 Å². The molecule has 2 aliphatic heterocycles. The van der Waals surface area contributed by atoms with Gasteiger partial charge in [-0.1, -0.05) is 25.6 Å². The van der Waals surface area contributed by atoms with Crippen LogP contribution in [0.4, 0.5) is 24.8 Å². The first-order valence-corrected chi connectivity index (χ1v) is 12.8. The van der Waals surface area contributed by atoms with Crippen molar-refractivity contribution in [2.75, 3.05) is 35.1 Å². The minimum Gasteiger partial charge on any atom is -0.489 e. The Balaban J connectivity index is 1.83. The Morgan fingerprint density at radius 3 is 2.58 bits per heavy atom. The number of rotatable bonds is 2. The van der Waals surface area contributed by atoms with E-state index < -0.39 is 33.0 Å². The van der Waals surface area contributed by atoms with Crippen molar-refractivity contribution in [2.45, 2.75) is 25.9 Å². The number of fused-ring (bicyclic) bond motifs is 5. The van der Waals surface area contributed by atoms with Gasteiger partial charge >= 0.3 is 12.2 Å². The number of para-hydroxylation sites is 1. The zero-order valence-corrected chi connectivity index (χ0v) is 20.0. The second-order valence-corrected chi connectivity index (χ2v) is 10.2. The average molecular weight is 522 g/mol. The van der Waals surface area contributed by atoms with Gasteiger partial charge in [-0.2, -0.15) is 23.1 Å². The Morgan fingerprint density at radius 1 is 1.14 bits per heavy atom. The first kappa shape index (κ1) is 24.1. The Morgan fingerprint density at radius 2 is 1.89 bits per heavy atom. The number of sulfonamides is 1. The number of anilines is 2. The van der Waals surface area contributed by atoms with Gasteiger partial charge in [0.2, 0.25) is 10.0 Å². The van der Waals surface area contributed by atoms with Gasteiger partial charge < -0.3 is 14.8 Å². The Kier molecular flexibility index (Phi) is 5.89. The number of hydrogen-bond donors (Lipinski definition) is 1. The first-order chi connectivity index (χ1) is 17.1. The molecule has 1 fully saturated rings. The van der Waals surface area contributed by atoms with E-state index in [2.05, 4.69) is 26.8 Å². The van der Waals surface area contributed by atoms with Crippen LogP contribution in [-0.4, -0.2) is 48.9 Å². The van der Waals surface area contributed by atoms with Crippen molar-refractivity contribution in [1.29, 1.82) is 0 Å². The predicted octanol–water partition coefficient (Wildman–Crippen LogP) is 4.00. The minimum atomic E-state index is -4.97. The molecule has 2 aliphatic rings. The van der Waals surface area contributed by atoms with Crippen molar-refractivity contribution in [3.05, 3.63) is 47.7 Å². The van der Waals surface area contributed by atoms with E-state index in [4.69, 9.17) is 9.47 Å². The molecule has 5 rings (SSSR count). The summed E-state index contributed by atoms with van der Waals surface area (Å²) in [4.78, 5) is 12.6. The molecule has 36 heavy (non-hydrogen) atoms. The van der Waals surface area contributed by atoms with Crippen molar-refractivity contribution in [3.8, 4) is 11.8 Å². The fraction of sp³-hybridized carbons (Fsp3) is 0.348. The summed E-state index contributed by atoms with van der Waals surface area (Å²) < 4.78 is 81.3. The molecule has 1 N–H and O–H groups in total. The number of aromatic nitrogens is 3. The van der Waals surface area contributed by atoms with Crippen LogP contribution in [0.3, 0.4) is 0 Å². The highest BCUT2D eigenvalue weighted by Crippen LogP contribution is 2.45. The number of hydrogen-bond acceptors (Lipinski definition) is 8. The van der Waals surface area contributed by atoms with Crippen molar-refractivity contribution in [2.24, 2.45) is 0 Å². The Labute approximate surface area is 205 Å². The molecule has 3 aromatic rings. The van der Waals surface area contributed by atoms with E-state index in [1.807, 2.05) is 0 Å². The molecule has 1 aromatic carbocycles. The normalized spacial score (nSPS) is 17.6. The fourth-order valence-electron chi connectivity index (χ4n) is 4.30. The molecule has 0 unspecified atom stereocenters. The van der Waals surface area contributed by atoms with Crippen molar-refractivity contribution < 1.29 is 31.1 Å². The van der Waals surface area contributed by atoms with Gasteiger partial charge in [-0.05, 0) is 25.0 Å². The number of nitrogens with zero attached hydrogens (tertiary/aromatic N) is 4. The van der Waals surface area contributed by atoms with Crippen molar-refractivity contribution >= 4 is 38.3 Å². The van der Waals surface area contributed by atoms with Gasteiger partial charge in [0.25, 0.3) is 0 Å². The summed E-state index contributed by atoms with van der Waals surface area (Å²) >= 11 is 0. The van der Waals surface area contributed by atoms with Gasteiger partial charge in [-0.25, -0.2) is 13.4 Å². The highest BCUT2D eigenvalue weighted by Gasteiger charge is 2.44. The number of nitrogens with one attached hydrogen (secondary N) is 1. The third kappa shape index (κ3) is 4.16. The summed E-state index contributed by atoms with van der Waals surface area (Å²) in [7, 11) is -3.96. The van der Waals surface area contributed by atoms with E-state index in [0.717, 1.165) is 4.31 Å². The second-order valence-electron chi connectivity index (χ2n) is 8.23. The molecule has 13 heteroatoms. The molecule has 0 atom stereocenters. The molecule has 0 spiro atoms. The van der Waals surface area contributed by atoms with Crippen LogP contribution in [0.2, 0.25) is 0 Å². The molecule has 1 saturated heterocycles. The summed E-state index contributed by atoms with van der Waals surface area (Å²) in [5.41, 5.74) is -0.381. The standard InChI is InChI=1S/C23H22F3N5O4S/c1-3-15-19-17(18(23(24,25)26)21(28-15)31-9-6-12-36(31,32)33)20-27-13(2)14-7-4-5-8-16(14)34-10-11-35-22(29-19)30-20/h4-5,7-8H,2-3,6,9-12H2,1H3,(H,27,29,30). The zero-order chi connectivity index (χ0) is 25.7. The predicted molar refractivity (Wildman–Crippen MR) is 128 cm³/mol. The second kappa shape index (κ2) is 8.80. The number of aryl methyl sites for hydroxylation is 1.